The summed E-state index contributed by atoms with van der Waals surface area (Å²) in [5.74, 6) is 1.12. The van der Waals surface area contributed by atoms with Crippen molar-refractivity contribution in [2.45, 2.75) is 32.1 Å². The first-order valence-corrected chi connectivity index (χ1v) is 7.66. The highest BCUT2D eigenvalue weighted by atomic mass is 16.2. The van der Waals surface area contributed by atoms with Crippen LogP contribution in [0.4, 0.5) is 0 Å². The summed E-state index contributed by atoms with van der Waals surface area (Å²) >= 11 is 0. The number of amides is 1. The van der Waals surface area contributed by atoms with E-state index in [2.05, 4.69) is 17.3 Å². The van der Waals surface area contributed by atoms with Crippen LogP contribution >= 0.6 is 0 Å². The lowest BCUT2D eigenvalue weighted by Crippen LogP contribution is -2.40. The molecule has 4 heteroatoms. The molecule has 0 bridgehead atoms. The van der Waals surface area contributed by atoms with E-state index < -0.39 is 0 Å². The number of nitrogens with one attached hydrogen (secondary N) is 1. The van der Waals surface area contributed by atoms with Crippen molar-refractivity contribution in [3.8, 4) is 0 Å². The average Bonchev–Trinajstić information content (AvgIpc) is 3.16. The van der Waals surface area contributed by atoms with E-state index in [1.54, 1.807) is 0 Å². The molecule has 2 aliphatic rings. The summed E-state index contributed by atoms with van der Waals surface area (Å²) in [5.41, 5.74) is -0.0626. The fraction of sp³-hybridized carbons (Fsp3) is 0.933. The maximum Gasteiger partial charge on any atom is 0.229 e. The van der Waals surface area contributed by atoms with E-state index in [0.717, 1.165) is 38.3 Å². The lowest BCUT2D eigenvalue weighted by Gasteiger charge is -2.31. The smallest absolute Gasteiger partial charge is 0.229 e. The first-order chi connectivity index (χ1) is 9.07. The molecule has 0 aromatic rings. The fourth-order valence-electron chi connectivity index (χ4n) is 3.35. The molecule has 1 unspecified atom stereocenters. The maximum absolute atomic E-state index is 12.4. The molecule has 2 fully saturated rings. The Morgan fingerprint density at radius 1 is 1.47 bits per heavy atom. The predicted octanol–water partition coefficient (Wildman–Crippen LogP) is 1.18. The van der Waals surface area contributed by atoms with Gasteiger partial charge in [0.25, 0.3) is 0 Å². The van der Waals surface area contributed by atoms with Crippen LogP contribution in [0, 0.1) is 11.3 Å². The molecular formula is C15H29N3O. The molecule has 1 aliphatic carbocycles. The minimum absolute atomic E-state index is 0.0626. The van der Waals surface area contributed by atoms with Gasteiger partial charge in [0, 0.05) is 26.7 Å². The van der Waals surface area contributed by atoms with Crippen molar-refractivity contribution in [1.82, 2.24) is 15.1 Å². The minimum Gasteiger partial charge on any atom is -0.345 e. The van der Waals surface area contributed by atoms with Crippen molar-refractivity contribution >= 4 is 5.91 Å². The van der Waals surface area contributed by atoms with E-state index in [0.29, 0.717) is 5.91 Å². The van der Waals surface area contributed by atoms with Gasteiger partial charge in [-0.25, -0.2) is 0 Å². The molecule has 1 saturated carbocycles. The summed E-state index contributed by atoms with van der Waals surface area (Å²) in [6, 6.07) is 0. The van der Waals surface area contributed by atoms with Gasteiger partial charge in [0.1, 0.15) is 0 Å². The summed E-state index contributed by atoms with van der Waals surface area (Å²) in [7, 11) is 6.11. The number of likely N-dealkylation sites (tertiary alicyclic amines) is 1. The van der Waals surface area contributed by atoms with Crippen LogP contribution in [0.15, 0.2) is 0 Å². The Hall–Kier alpha value is -0.610. The maximum atomic E-state index is 12.4. The van der Waals surface area contributed by atoms with Crippen molar-refractivity contribution < 1.29 is 4.79 Å². The van der Waals surface area contributed by atoms with Gasteiger partial charge < -0.3 is 15.1 Å². The molecule has 4 nitrogen and oxygen atoms in total. The van der Waals surface area contributed by atoms with Crippen LogP contribution in [0.5, 0.6) is 0 Å². The second kappa shape index (κ2) is 6.23. The molecule has 110 valence electrons. The molecule has 0 aromatic carbocycles. The zero-order valence-corrected chi connectivity index (χ0v) is 12.7. The molecule has 19 heavy (non-hydrogen) atoms. The normalized spacial score (nSPS) is 26.2. The first-order valence-electron chi connectivity index (χ1n) is 7.66. The molecule has 1 amide bonds. The van der Waals surface area contributed by atoms with Gasteiger partial charge in [-0.2, -0.15) is 0 Å². The number of hydrogen-bond donors (Lipinski definition) is 1. The van der Waals surface area contributed by atoms with Gasteiger partial charge in [0.15, 0.2) is 0 Å². The van der Waals surface area contributed by atoms with Crippen LogP contribution < -0.4 is 5.32 Å². The number of carbonyl (C=O) groups excluding carboxylic acids is 1. The Balaban J connectivity index is 1.75. The van der Waals surface area contributed by atoms with E-state index in [1.165, 1.54) is 25.9 Å². The number of carbonyl (C=O) groups is 1. The Morgan fingerprint density at radius 3 is 2.79 bits per heavy atom. The van der Waals surface area contributed by atoms with Gasteiger partial charge in [-0.3, -0.25) is 4.79 Å². The monoisotopic (exact) mass is 267 g/mol. The second-order valence-electron chi connectivity index (χ2n) is 6.60. The van der Waals surface area contributed by atoms with E-state index >= 15 is 0 Å². The van der Waals surface area contributed by atoms with E-state index in [1.807, 2.05) is 19.0 Å². The lowest BCUT2D eigenvalue weighted by molar-refractivity contribution is -0.135. The van der Waals surface area contributed by atoms with Crippen LogP contribution in [0.2, 0.25) is 0 Å². The fourth-order valence-corrected chi connectivity index (χ4v) is 3.35. The quantitative estimate of drug-likeness (QED) is 0.785. The Kier molecular flexibility index (Phi) is 4.85. The van der Waals surface area contributed by atoms with Crippen molar-refractivity contribution in [3.63, 3.8) is 0 Å². The van der Waals surface area contributed by atoms with Gasteiger partial charge in [0.2, 0.25) is 5.91 Å². The van der Waals surface area contributed by atoms with Crippen LogP contribution in [-0.4, -0.2) is 63.0 Å². The van der Waals surface area contributed by atoms with Gasteiger partial charge in [-0.05, 0) is 58.7 Å². The molecule has 1 aliphatic heterocycles. The number of hydrogen-bond acceptors (Lipinski definition) is 3. The molecule has 1 atom stereocenters. The number of piperidine rings is 1. The highest BCUT2D eigenvalue weighted by Crippen LogP contribution is 2.46. The Morgan fingerprint density at radius 2 is 2.21 bits per heavy atom. The lowest BCUT2D eigenvalue weighted by atomic mass is 9.94. The summed E-state index contributed by atoms with van der Waals surface area (Å²) in [6.07, 6.45) is 5.91. The first kappa shape index (κ1) is 14.8. The molecule has 2 rings (SSSR count). The minimum atomic E-state index is -0.0626. The topological polar surface area (TPSA) is 35.6 Å². The third-order valence-corrected chi connectivity index (χ3v) is 4.76. The number of rotatable bonds is 6. The van der Waals surface area contributed by atoms with Crippen molar-refractivity contribution in [3.05, 3.63) is 0 Å². The van der Waals surface area contributed by atoms with Crippen LogP contribution in [-0.2, 0) is 4.79 Å². The van der Waals surface area contributed by atoms with Crippen molar-refractivity contribution in [2.24, 2.45) is 11.3 Å². The molecule has 0 radical (unpaired) electrons. The molecule has 0 spiro atoms. The summed E-state index contributed by atoms with van der Waals surface area (Å²) < 4.78 is 0. The second-order valence-corrected chi connectivity index (χ2v) is 6.60. The summed E-state index contributed by atoms with van der Waals surface area (Å²) in [6.45, 7) is 4.19. The molecule has 1 saturated heterocycles. The molecule has 1 heterocycles. The standard InChI is InChI=1S/C15H29N3O/c1-16-12-15(7-8-15)14(19)18(3)10-6-13-5-4-9-17(2)11-13/h13,16H,4-12H2,1-3H3. The third-order valence-electron chi connectivity index (χ3n) is 4.76. The summed E-state index contributed by atoms with van der Waals surface area (Å²) in [4.78, 5) is 16.8. The van der Waals surface area contributed by atoms with Gasteiger partial charge >= 0.3 is 0 Å². The zero-order chi connectivity index (χ0) is 13.9. The Bertz CT molecular complexity index is 315. The van der Waals surface area contributed by atoms with E-state index in [4.69, 9.17) is 0 Å². The number of nitrogens with zero attached hydrogens (tertiary/aromatic N) is 2. The van der Waals surface area contributed by atoms with Crippen molar-refractivity contribution in [1.29, 1.82) is 0 Å². The highest BCUT2D eigenvalue weighted by molar-refractivity contribution is 5.85. The van der Waals surface area contributed by atoms with Crippen LogP contribution in [0.1, 0.15) is 32.1 Å². The predicted molar refractivity (Wildman–Crippen MR) is 78.1 cm³/mol. The highest BCUT2D eigenvalue weighted by Gasteiger charge is 2.50. The van der Waals surface area contributed by atoms with Crippen LogP contribution in [0.25, 0.3) is 0 Å². The zero-order valence-electron chi connectivity index (χ0n) is 12.7. The molecular weight excluding hydrogens is 238 g/mol. The third kappa shape index (κ3) is 3.69. The average molecular weight is 267 g/mol. The Labute approximate surface area is 117 Å². The summed E-state index contributed by atoms with van der Waals surface area (Å²) in [5, 5.41) is 3.16. The van der Waals surface area contributed by atoms with E-state index in [9.17, 15) is 4.79 Å². The molecule has 1 N–H and O–H groups in total. The molecule has 0 aromatic heterocycles. The largest absolute Gasteiger partial charge is 0.345 e. The van der Waals surface area contributed by atoms with E-state index in [-0.39, 0.29) is 5.41 Å². The van der Waals surface area contributed by atoms with Crippen LogP contribution in [0.3, 0.4) is 0 Å². The van der Waals surface area contributed by atoms with Gasteiger partial charge in [-0.15, -0.1) is 0 Å². The van der Waals surface area contributed by atoms with Crippen molar-refractivity contribution in [2.75, 3.05) is 47.3 Å². The SMILES string of the molecule is CNCC1(C(=O)N(C)CCC2CCCN(C)C2)CC1. The van der Waals surface area contributed by atoms with Gasteiger partial charge in [0.05, 0.1) is 5.41 Å². The van der Waals surface area contributed by atoms with Gasteiger partial charge in [-0.1, -0.05) is 0 Å².